The fourth-order valence-electron chi connectivity index (χ4n) is 4.70. The van der Waals surface area contributed by atoms with Crippen LogP contribution >= 0.6 is 11.3 Å². The maximum atomic E-state index is 12.4. The Hall–Kier alpha value is -2.08. The topological polar surface area (TPSA) is 60.5 Å². The van der Waals surface area contributed by atoms with Gasteiger partial charge in [-0.15, -0.1) is 11.3 Å². The quantitative estimate of drug-likeness (QED) is 0.869. The molecule has 136 valence electrons. The van der Waals surface area contributed by atoms with Crippen LogP contribution in [0.3, 0.4) is 0 Å². The van der Waals surface area contributed by atoms with Crippen molar-refractivity contribution in [3.63, 3.8) is 0 Å². The Kier molecular flexibility index (Phi) is 4.08. The minimum atomic E-state index is 0.102. The summed E-state index contributed by atoms with van der Waals surface area (Å²) < 4.78 is 11.2. The number of ether oxygens (including phenoxy) is 2. The van der Waals surface area contributed by atoms with E-state index < -0.39 is 0 Å². The van der Waals surface area contributed by atoms with Crippen molar-refractivity contribution in [1.82, 2.24) is 4.98 Å². The molecule has 2 heterocycles. The van der Waals surface area contributed by atoms with E-state index in [1.807, 2.05) is 23.6 Å². The molecule has 2 aromatic rings. The Morgan fingerprint density at radius 2 is 2.08 bits per heavy atom. The van der Waals surface area contributed by atoms with Gasteiger partial charge in [-0.2, -0.15) is 0 Å². The molecular weight excluding hydrogens is 348 g/mol. The van der Waals surface area contributed by atoms with E-state index in [2.05, 4.69) is 10.3 Å². The maximum Gasteiger partial charge on any atom is 0.226 e. The molecule has 1 aromatic heterocycles. The van der Waals surface area contributed by atoms with E-state index in [0.717, 1.165) is 34.6 Å². The molecule has 0 saturated heterocycles. The van der Waals surface area contributed by atoms with Crippen LogP contribution in [0.1, 0.15) is 32.1 Å². The van der Waals surface area contributed by atoms with E-state index >= 15 is 0 Å². The van der Waals surface area contributed by atoms with Gasteiger partial charge in [0.1, 0.15) is 13.2 Å². The molecule has 1 amide bonds. The number of thiazole rings is 1. The van der Waals surface area contributed by atoms with Crippen molar-refractivity contribution < 1.29 is 14.3 Å². The molecule has 3 unspecified atom stereocenters. The van der Waals surface area contributed by atoms with Crippen LogP contribution in [0.15, 0.2) is 23.6 Å². The number of carbonyl (C=O) groups excluding carboxylic acids is 1. The molecule has 1 aromatic carbocycles. The van der Waals surface area contributed by atoms with Crippen molar-refractivity contribution in [3.8, 4) is 22.8 Å². The number of aromatic nitrogens is 1. The highest BCUT2D eigenvalue weighted by atomic mass is 32.1. The number of nitrogens with zero attached hydrogens (tertiary/aromatic N) is 1. The summed E-state index contributed by atoms with van der Waals surface area (Å²) in [6.07, 6.45) is 5.89. The van der Waals surface area contributed by atoms with E-state index in [-0.39, 0.29) is 5.91 Å². The van der Waals surface area contributed by atoms with Gasteiger partial charge in [0.25, 0.3) is 0 Å². The summed E-state index contributed by atoms with van der Waals surface area (Å²) in [5.74, 6) is 3.85. The van der Waals surface area contributed by atoms with E-state index in [4.69, 9.17) is 9.47 Å². The van der Waals surface area contributed by atoms with E-state index in [9.17, 15) is 4.79 Å². The Labute approximate surface area is 156 Å². The second-order valence-electron chi connectivity index (χ2n) is 7.58. The third-order valence-electron chi connectivity index (χ3n) is 5.92. The number of nitrogens with one attached hydrogen (secondary N) is 1. The fourth-order valence-corrected chi connectivity index (χ4v) is 5.44. The molecule has 2 saturated carbocycles. The molecule has 2 bridgehead atoms. The summed E-state index contributed by atoms with van der Waals surface area (Å²) in [7, 11) is 0. The summed E-state index contributed by atoms with van der Waals surface area (Å²) in [6, 6.07) is 5.84. The Morgan fingerprint density at radius 3 is 2.88 bits per heavy atom. The molecule has 1 aliphatic heterocycles. The van der Waals surface area contributed by atoms with Gasteiger partial charge in [0, 0.05) is 17.4 Å². The van der Waals surface area contributed by atoms with Crippen LogP contribution in [-0.2, 0) is 4.79 Å². The van der Waals surface area contributed by atoms with Gasteiger partial charge in [-0.1, -0.05) is 6.42 Å². The van der Waals surface area contributed by atoms with Crippen LogP contribution < -0.4 is 14.8 Å². The minimum Gasteiger partial charge on any atom is -0.486 e. The third-order valence-corrected chi connectivity index (χ3v) is 6.68. The smallest absolute Gasteiger partial charge is 0.226 e. The van der Waals surface area contributed by atoms with Gasteiger partial charge in [0.2, 0.25) is 5.91 Å². The fraction of sp³-hybridized carbons (Fsp3) is 0.500. The number of fused-ring (bicyclic) bond motifs is 3. The van der Waals surface area contributed by atoms with Crippen LogP contribution in [-0.4, -0.2) is 24.1 Å². The molecule has 6 heteroatoms. The van der Waals surface area contributed by atoms with E-state index in [1.165, 1.54) is 37.0 Å². The summed E-state index contributed by atoms with van der Waals surface area (Å²) >= 11 is 1.47. The summed E-state index contributed by atoms with van der Waals surface area (Å²) in [5.41, 5.74) is 1.82. The average molecular weight is 370 g/mol. The average Bonchev–Trinajstić information content (AvgIpc) is 3.38. The van der Waals surface area contributed by atoms with Crippen LogP contribution in [0.25, 0.3) is 11.3 Å². The number of rotatable bonds is 4. The lowest BCUT2D eigenvalue weighted by Gasteiger charge is -2.20. The van der Waals surface area contributed by atoms with Crippen molar-refractivity contribution in [2.75, 3.05) is 18.5 Å². The standard InChI is InChI=1S/C20H22N2O3S/c23-19(10-15-8-12-1-2-13(15)7-12)22-20-21-16(11-26-20)14-3-4-17-18(9-14)25-6-5-24-17/h3-4,9,11-13,15H,1-2,5-8,10H2,(H,21,22,23). The molecule has 26 heavy (non-hydrogen) atoms. The zero-order valence-corrected chi connectivity index (χ0v) is 15.4. The van der Waals surface area contributed by atoms with Gasteiger partial charge in [0.15, 0.2) is 16.6 Å². The van der Waals surface area contributed by atoms with Crippen molar-refractivity contribution in [2.45, 2.75) is 32.1 Å². The first-order chi connectivity index (χ1) is 12.7. The second kappa shape index (κ2) is 6.58. The molecule has 3 atom stereocenters. The SMILES string of the molecule is O=C(CC1CC2CCC1C2)Nc1nc(-c2ccc3c(c2)OCCO3)cs1. The molecule has 0 radical (unpaired) electrons. The first kappa shape index (κ1) is 16.1. The lowest BCUT2D eigenvalue weighted by Crippen LogP contribution is -2.20. The lowest BCUT2D eigenvalue weighted by molar-refractivity contribution is -0.117. The number of carbonyl (C=O) groups is 1. The Morgan fingerprint density at radius 1 is 1.19 bits per heavy atom. The van der Waals surface area contributed by atoms with Gasteiger partial charge < -0.3 is 14.8 Å². The van der Waals surface area contributed by atoms with E-state index in [1.54, 1.807) is 0 Å². The maximum absolute atomic E-state index is 12.4. The summed E-state index contributed by atoms with van der Waals surface area (Å²) in [4.78, 5) is 17.0. The molecule has 2 fully saturated rings. The number of hydrogen-bond acceptors (Lipinski definition) is 5. The molecular formula is C20H22N2O3S. The van der Waals surface area contributed by atoms with Crippen LogP contribution in [0.5, 0.6) is 11.5 Å². The molecule has 3 aliphatic rings. The number of benzene rings is 1. The predicted octanol–water partition coefficient (Wildman–Crippen LogP) is 4.35. The largest absolute Gasteiger partial charge is 0.486 e. The highest BCUT2D eigenvalue weighted by Crippen LogP contribution is 2.49. The van der Waals surface area contributed by atoms with Crippen molar-refractivity contribution in [3.05, 3.63) is 23.6 Å². The van der Waals surface area contributed by atoms with Crippen LogP contribution in [0.2, 0.25) is 0 Å². The van der Waals surface area contributed by atoms with E-state index in [0.29, 0.717) is 30.7 Å². The molecule has 5 rings (SSSR count). The van der Waals surface area contributed by atoms with Gasteiger partial charge >= 0.3 is 0 Å². The molecule has 5 nitrogen and oxygen atoms in total. The van der Waals surface area contributed by atoms with Crippen molar-refractivity contribution in [2.24, 2.45) is 17.8 Å². The normalized spacial score (nSPS) is 26.1. The highest BCUT2D eigenvalue weighted by Gasteiger charge is 2.40. The highest BCUT2D eigenvalue weighted by molar-refractivity contribution is 7.14. The summed E-state index contributed by atoms with van der Waals surface area (Å²) in [6.45, 7) is 1.15. The number of amides is 1. The Balaban J connectivity index is 1.24. The summed E-state index contributed by atoms with van der Waals surface area (Å²) in [5, 5.41) is 5.63. The third kappa shape index (κ3) is 3.07. The molecule has 2 aliphatic carbocycles. The molecule has 0 spiro atoms. The Bertz CT molecular complexity index is 834. The first-order valence-corrected chi connectivity index (χ1v) is 10.3. The van der Waals surface area contributed by atoms with Crippen LogP contribution in [0.4, 0.5) is 5.13 Å². The zero-order chi connectivity index (χ0) is 17.5. The lowest BCUT2D eigenvalue weighted by atomic mass is 9.86. The molecule has 1 N–H and O–H groups in total. The minimum absolute atomic E-state index is 0.102. The zero-order valence-electron chi connectivity index (χ0n) is 14.6. The van der Waals surface area contributed by atoms with Crippen molar-refractivity contribution in [1.29, 1.82) is 0 Å². The van der Waals surface area contributed by atoms with Gasteiger partial charge in [0.05, 0.1) is 5.69 Å². The van der Waals surface area contributed by atoms with Gasteiger partial charge in [-0.3, -0.25) is 4.79 Å². The van der Waals surface area contributed by atoms with Gasteiger partial charge in [-0.25, -0.2) is 4.98 Å². The second-order valence-corrected chi connectivity index (χ2v) is 8.44. The monoisotopic (exact) mass is 370 g/mol. The van der Waals surface area contributed by atoms with Crippen molar-refractivity contribution >= 4 is 22.4 Å². The van der Waals surface area contributed by atoms with Gasteiger partial charge in [-0.05, 0) is 55.2 Å². The number of hydrogen-bond donors (Lipinski definition) is 1. The predicted molar refractivity (Wildman–Crippen MR) is 101 cm³/mol. The number of anilines is 1. The van der Waals surface area contributed by atoms with Crippen LogP contribution in [0, 0.1) is 17.8 Å². The first-order valence-electron chi connectivity index (χ1n) is 9.40.